The van der Waals surface area contributed by atoms with Gasteiger partial charge in [0.15, 0.2) is 5.96 Å². The lowest BCUT2D eigenvalue weighted by molar-refractivity contribution is -0.152. The van der Waals surface area contributed by atoms with Crippen LogP contribution in [0.3, 0.4) is 0 Å². The highest BCUT2D eigenvalue weighted by Crippen LogP contribution is 2.23. The van der Waals surface area contributed by atoms with Gasteiger partial charge < -0.3 is 101 Å². The van der Waals surface area contributed by atoms with Gasteiger partial charge in [0.25, 0.3) is 0 Å². The number of nitrogens with one attached hydrogen (secondary N) is 11. The second-order valence-electron chi connectivity index (χ2n) is 22.8. The fraction of sp³-hybridized carbons (Fsp3) is 0.533. The number of H-pyrrole nitrogens is 1. The summed E-state index contributed by atoms with van der Waals surface area (Å²) in [4.78, 5) is 192. The zero-order valence-corrected chi connectivity index (χ0v) is 52.3. The van der Waals surface area contributed by atoms with E-state index in [2.05, 4.69) is 63.3 Å². The molecule has 1 unspecified atom stereocenters. The fourth-order valence-corrected chi connectivity index (χ4v) is 10.5. The number of hydrogen-bond acceptors (Lipinski definition) is 19. The number of aromatic nitrogens is 1. The Balaban J connectivity index is 1.49. The average molecular weight is 1320 g/mol. The van der Waals surface area contributed by atoms with E-state index >= 15 is 4.79 Å². The van der Waals surface area contributed by atoms with Gasteiger partial charge in [-0.05, 0) is 62.1 Å². The van der Waals surface area contributed by atoms with Crippen LogP contribution < -0.4 is 76.3 Å². The Kier molecular flexibility index (Phi) is 30.0. The number of fused-ring (bicyclic) bond motifs is 2. The number of carbonyl (C=O) groups is 13. The number of aliphatic hydroxyl groups excluding tert-OH is 3. The molecule has 0 saturated carbocycles. The van der Waals surface area contributed by atoms with Gasteiger partial charge in [-0.2, -0.15) is 5.48 Å². The van der Waals surface area contributed by atoms with Crippen molar-refractivity contribution in [2.45, 2.75) is 170 Å². The Bertz CT molecular complexity index is 3180. The van der Waals surface area contributed by atoms with E-state index < -0.39 is 189 Å². The molecular weight excluding hydrogens is 1230 g/mol. The van der Waals surface area contributed by atoms with Crippen LogP contribution in [-0.2, 0) is 80.0 Å². The molecule has 2 aliphatic heterocycles. The Morgan fingerprint density at radius 1 is 0.702 bits per heavy atom. The smallest absolute Gasteiger partial charge is 0.324 e. The SMILES string of the molecule is CCCC[C@H](NC(=O)[C@H](CO)NC(=O)[C@H](CC(N)=O)NC(=O)[C@@H](CO)NC(C)=O)C(=O)N[C@H]1CCC(=O)ONCCCC[C@@H](C(N)=O)NC(=O)[C@H](Cc2c[nH]c3ccccc23)NC(=O)[C@H](CCCN=C(N)N)NC(=O)[C@@H](Cc2ccccc2)NC(=O)[C@@H]2CC(O)CN2C1=O. The van der Waals surface area contributed by atoms with E-state index in [1.807, 2.05) is 6.07 Å². The molecule has 0 radical (unpaired) electrons. The van der Waals surface area contributed by atoms with Crippen LogP contribution in [0.4, 0.5) is 0 Å². The molecule has 2 aliphatic rings. The number of aromatic amines is 1. The highest BCUT2D eigenvalue weighted by molar-refractivity contribution is 6.00. The summed E-state index contributed by atoms with van der Waals surface area (Å²) >= 11 is 0. The first-order chi connectivity index (χ1) is 44.8. The first kappa shape index (κ1) is 74.9. The first-order valence-corrected chi connectivity index (χ1v) is 30.9. The largest absolute Gasteiger partial charge is 0.394 e. The third-order valence-corrected chi connectivity index (χ3v) is 15.4. The molecule has 3 aromatic rings. The summed E-state index contributed by atoms with van der Waals surface area (Å²) in [6.07, 6.45) is -1.45. The number of aliphatic imine (C=N–C) groups is 1. The van der Waals surface area contributed by atoms with Crippen LogP contribution in [0.25, 0.3) is 10.9 Å². The quantitative estimate of drug-likeness (QED) is 0.0213. The van der Waals surface area contributed by atoms with E-state index in [0.717, 1.165) is 22.7 Å². The van der Waals surface area contributed by atoms with E-state index in [1.165, 1.54) is 0 Å². The molecule has 0 bridgehead atoms. The van der Waals surface area contributed by atoms with E-state index in [4.69, 9.17) is 27.8 Å². The number of hydroxylamine groups is 1. The topological polar surface area (TPSA) is 548 Å². The number of amides is 12. The molecule has 2 aromatic carbocycles. The number of primary amides is 2. The normalized spacial score (nSPS) is 21.8. The summed E-state index contributed by atoms with van der Waals surface area (Å²) in [6.45, 7) is 0.241. The average Bonchev–Trinajstić information content (AvgIpc) is 1.65. The summed E-state index contributed by atoms with van der Waals surface area (Å²) in [5.74, 6) is -13.1. The number of benzene rings is 2. The van der Waals surface area contributed by atoms with Crippen LogP contribution >= 0.6 is 0 Å². The number of rotatable bonds is 25. The predicted molar refractivity (Wildman–Crippen MR) is 335 cm³/mol. The summed E-state index contributed by atoms with van der Waals surface area (Å²) in [6, 6.07) is -0.149. The summed E-state index contributed by atoms with van der Waals surface area (Å²) in [7, 11) is 0. The van der Waals surface area contributed by atoms with Crippen molar-refractivity contribution in [2.24, 2.45) is 27.9 Å². The van der Waals surface area contributed by atoms with Gasteiger partial charge in [-0.3, -0.25) is 67.3 Å². The maximum Gasteiger partial charge on any atom is 0.324 e. The molecular formula is C60H87N17O17. The molecule has 94 heavy (non-hydrogen) atoms. The molecule has 1 aromatic heterocycles. The number of para-hydroxylation sites is 1. The predicted octanol–water partition coefficient (Wildman–Crippen LogP) is -6.10. The minimum Gasteiger partial charge on any atom is -0.394 e. The fourth-order valence-electron chi connectivity index (χ4n) is 10.5. The Morgan fingerprint density at radius 3 is 1.97 bits per heavy atom. The molecule has 3 heterocycles. The Morgan fingerprint density at radius 2 is 1.31 bits per heavy atom. The molecule has 11 atom stereocenters. The third kappa shape index (κ3) is 23.7. The highest BCUT2D eigenvalue weighted by atomic mass is 16.7. The zero-order chi connectivity index (χ0) is 69.0. The molecule has 5 rings (SSSR count). The van der Waals surface area contributed by atoms with Gasteiger partial charge in [0.2, 0.25) is 70.9 Å². The van der Waals surface area contributed by atoms with Crippen molar-refractivity contribution in [3.8, 4) is 0 Å². The van der Waals surface area contributed by atoms with Gasteiger partial charge in [0, 0.05) is 69.3 Å². The van der Waals surface area contributed by atoms with E-state index in [1.54, 1.807) is 61.7 Å². The molecule has 514 valence electrons. The van der Waals surface area contributed by atoms with E-state index in [0.29, 0.717) is 17.5 Å². The number of carbonyl (C=O) groups excluding carboxylic acids is 13. The second-order valence-corrected chi connectivity index (χ2v) is 22.8. The van der Waals surface area contributed by atoms with Crippen molar-refractivity contribution in [1.29, 1.82) is 0 Å². The molecule has 34 nitrogen and oxygen atoms in total. The maximum absolute atomic E-state index is 15.0. The molecule has 0 spiro atoms. The molecule has 34 heteroatoms. The summed E-state index contributed by atoms with van der Waals surface area (Å²) in [5.41, 5.74) is 26.7. The van der Waals surface area contributed by atoms with Crippen molar-refractivity contribution in [3.05, 3.63) is 71.9 Å². The van der Waals surface area contributed by atoms with Crippen LogP contribution in [-0.4, -0.2) is 207 Å². The van der Waals surface area contributed by atoms with Crippen molar-refractivity contribution in [3.63, 3.8) is 0 Å². The molecule has 0 aliphatic carbocycles. The van der Waals surface area contributed by atoms with E-state index in [-0.39, 0.29) is 76.8 Å². The molecule has 2 saturated heterocycles. The zero-order valence-electron chi connectivity index (χ0n) is 52.3. The molecule has 22 N–H and O–H groups in total. The number of nitrogens with two attached hydrogens (primary N) is 4. The van der Waals surface area contributed by atoms with Crippen molar-refractivity contribution < 1.29 is 82.5 Å². The summed E-state index contributed by atoms with van der Waals surface area (Å²) < 4.78 is 0. The van der Waals surface area contributed by atoms with Gasteiger partial charge in [0.1, 0.15) is 60.4 Å². The third-order valence-electron chi connectivity index (χ3n) is 15.4. The Labute approximate surface area is 540 Å². The van der Waals surface area contributed by atoms with Crippen molar-refractivity contribution in [2.75, 3.05) is 32.8 Å². The number of aliphatic hydroxyl groups is 3. The summed E-state index contributed by atoms with van der Waals surface area (Å²) in [5, 5.41) is 54.2. The highest BCUT2D eigenvalue weighted by Gasteiger charge is 2.44. The number of hydrogen-bond donors (Lipinski definition) is 18. The van der Waals surface area contributed by atoms with Gasteiger partial charge in [-0.25, -0.2) is 0 Å². The van der Waals surface area contributed by atoms with Gasteiger partial charge >= 0.3 is 5.97 Å². The van der Waals surface area contributed by atoms with Crippen LogP contribution in [0, 0.1) is 0 Å². The lowest BCUT2D eigenvalue weighted by atomic mass is 10.0. The van der Waals surface area contributed by atoms with E-state index in [9.17, 15) is 72.9 Å². The maximum atomic E-state index is 15.0. The van der Waals surface area contributed by atoms with Crippen LogP contribution in [0.15, 0.2) is 65.8 Å². The minimum atomic E-state index is -1.88. The van der Waals surface area contributed by atoms with Crippen LogP contribution in [0.2, 0.25) is 0 Å². The second kappa shape index (κ2) is 37.6. The minimum absolute atomic E-state index is 0.00259. The molecule has 12 amide bonds. The van der Waals surface area contributed by atoms with Crippen LogP contribution in [0.5, 0.6) is 0 Å². The van der Waals surface area contributed by atoms with Gasteiger partial charge in [-0.1, -0.05) is 68.3 Å². The number of nitrogens with zero attached hydrogens (tertiary/aromatic N) is 2. The lowest BCUT2D eigenvalue weighted by Crippen LogP contribution is -2.61. The standard InChI is InChI=1S/C60H87N17O17/c1-3-4-16-39(71-57(91)46(31-79)76-55(89)44(27-48(61)82)74-56(90)45(30-78)68-32(2)80)51(85)72-41-20-21-49(83)94-67-23-11-10-18-38(50(62)84)69-54(88)43(25-34-28-66-37-17-9-8-15-36(34)37)73-52(86)40(19-12-22-65-60(63)64)70-53(87)42(24-33-13-6-5-7-14-33)75-58(92)47-26-35(81)29-77(47)59(41)93/h5-9,13-15,17,28,35,38-47,66-67,78-79,81H,3-4,10-12,16,18-27,29-31H2,1-2H3,(H2,61,82)(H2,62,84)(H,68,80)(H,69,88)(H,70,87)(H,71,91)(H,72,85)(H,73,86)(H,74,90)(H,75,92)(H,76,89)(H4,63,64,65)/t35?,38-,39-,40-,41-,42+,43-,44-,45+,46-,47-/m0/s1. The van der Waals surface area contributed by atoms with Gasteiger partial charge in [0.05, 0.1) is 25.7 Å². The van der Waals surface area contributed by atoms with Crippen molar-refractivity contribution >= 4 is 93.7 Å². The molecule has 2 fully saturated rings. The Hall–Kier alpha value is -9.80. The van der Waals surface area contributed by atoms with Crippen LogP contribution in [0.1, 0.15) is 102 Å². The lowest BCUT2D eigenvalue weighted by Gasteiger charge is -2.31. The first-order valence-electron chi connectivity index (χ1n) is 30.9. The number of unbranched alkanes of at least 4 members (excludes halogenated alkanes) is 1. The van der Waals surface area contributed by atoms with Crippen molar-refractivity contribution in [1.82, 2.24) is 63.2 Å². The monoisotopic (exact) mass is 1320 g/mol. The van der Waals surface area contributed by atoms with Gasteiger partial charge in [-0.15, -0.1) is 0 Å². The number of guanidine groups is 1.